The third-order valence-electron chi connectivity index (χ3n) is 3.40. The second-order valence-corrected chi connectivity index (χ2v) is 5.30. The molecule has 0 unspecified atom stereocenters. The minimum Gasteiger partial charge on any atom is -0.457 e. The van der Waals surface area contributed by atoms with Gasteiger partial charge >= 0.3 is 0 Å². The van der Waals surface area contributed by atoms with Crippen LogP contribution in [0.4, 0.5) is 0 Å². The molecule has 0 radical (unpaired) electrons. The maximum absolute atomic E-state index is 6.02. The summed E-state index contributed by atoms with van der Waals surface area (Å²) >= 11 is 6.02. The Labute approximate surface area is 106 Å². The van der Waals surface area contributed by atoms with E-state index < -0.39 is 0 Å². The monoisotopic (exact) mass is 244 g/mol. The zero-order chi connectivity index (χ0) is 12.0. The van der Waals surface area contributed by atoms with Gasteiger partial charge in [-0.15, -0.1) is 0 Å². The van der Waals surface area contributed by atoms with E-state index in [1.54, 1.807) is 0 Å². The summed E-state index contributed by atoms with van der Waals surface area (Å²) in [6.45, 7) is 4.42. The normalized spacial score (nSPS) is 15.7. The maximum Gasteiger partial charge on any atom is 0.133 e. The molecule has 1 nitrogen and oxygen atoms in total. The van der Waals surface area contributed by atoms with Gasteiger partial charge in [-0.1, -0.05) is 49.7 Å². The van der Waals surface area contributed by atoms with Crippen LogP contribution in [0.25, 0.3) is 0 Å². The first-order chi connectivity index (χ1) is 8.09. The summed E-state index contributed by atoms with van der Waals surface area (Å²) in [5, 5.41) is 0.707. The number of para-hydroxylation sites is 1. The SMILES string of the molecule is CC1(C)c2ccccc2Oc2cc(Cl)ccc21. The van der Waals surface area contributed by atoms with Crippen LogP contribution < -0.4 is 4.74 Å². The summed E-state index contributed by atoms with van der Waals surface area (Å²) in [4.78, 5) is 0. The second kappa shape index (κ2) is 3.51. The van der Waals surface area contributed by atoms with Crippen LogP contribution in [0.15, 0.2) is 42.5 Å². The maximum atomic E-state index is 6.02. The smallest absolute Gasteiger partial charge is 0.133 e. The molecule has 0 fully saturated rings. The van der Waals surface area contributed by atoms with Crippen LogP contribution in [0.2, 0.25) is 5.02 Å². The Morgan fingerprint density at radius 1 is 0.941 bits per heavy atom. The van der Waals surface area contributed by atoms with Gasteiger partial charge < -0.3 is 4.74 Å². The number of fused-ring (bicyclic) bond motifs is 2. The van der Waals surface area contributed by atoms with Crippen molar-refractivity contribution in [1.82, 2.24) is 0 Å². The molecular weight excluding hydrogens is 232 g/mol. The highest BCUT2D eigenvalue weighted by molar-refractivity contribution is 6.30. The predicted molar refractivity (Wildman–Crippen MR) is 70.1 cm³/mol. The molecule has 2 aromatic carbocycles. The van der Waals surface area contributed by atoms with Crippen molar-refractivity contribution < 1.29 is 4.74 Å². The summed E-state index contributed by atoms with van der Waals surface area (Å²) in [5.74, 6) is 1.79. The van der Waals surface area contributed by atoms with Crippen LogP contribution in [0.5, 0.6) is 11.5 Å². The fourth-order valence-electron chi connectivity index (χ4n) is 2.43. The van der Waals surface area contributed by atoms with Gasteiger partial charge in [-0.3, -0.25) is 0 Å². The van der Waals surface area contributed by atoms with Gasteiger partial charge in [-0.05, 0) is 18.2 Å². The standard InChI is InChI=1S/C15H13ClO/c1-15(2)11-5-3-4-6-13(11)17-14-9-10(16)7-8-12(14)15/h3-9H,1-2H3. The topological polar surface area (TPSA) is 9.23 Å². The van der Waals surface area contributed by atoms with E-state index in [2.05, 4.69) is 19.9 Å². The lowest BCUT2D eigenvalue weighted by molar-refractivity contribution is 0.418. The van der Waals surface area contributed by atoms with E-state index in [1.807, 2.05) is 36.4 Å². The van der Waals surface area contributed by atoms with E-state index in [1.165, 1.54) is 11.1 Å². The first kappa shape index (κ1) is 10.7. The fourth-order valence-corrected chi connectivity index (χ4v) is 2.59. The van der Waals surface area contributed by atoms with Crippen LogP contribution in [-0.4, -0.2) is 0 Å². The van der Waals surface area contributed by atoms with E-state index in [4.69, 9.17) is 16.3 Å². The fraction of sp³-hybridized carbons (Fsp3) is 0.200. The largest absolute Gasteiger partial charge is 0.457 e. The summed E-state index contributed by atoms with van der Waals surface area (Å²) in [5.41, 5.74) is 2.35. The lowest BCUT2D eigenvalue weighted by Crippen LogP contribution is -2.24. The lowest BCUT2D eigenvalue weighted by atomic mass is 9.76. The molecule has 0 aliphatic carbocycles. The van der Waals surface area contributed by atoms with Crippen LogP contribution in [0.3, 0.4) is 0 Å². The van der Waals surface area contributed by atoms with Crippen molar-refractivity contribution in [2.45, 2.75) is 19.3 Å². The van der Waals surface area contributed by atoms with E-state index in [0.717, 1.165) is 11.5 Å². The van der Waals surface area contributed by atoms with Gasteiger partial charge in [0.1, 0.15) is 11.5 Å². The molecule has 0 atom stereocenters. The van der Waals surface area contributed by atoms with Gasteiger partial charge in [0.05, 0.1) is 0 Å². The minimum atomic E-state index is -0.0469. The van der Waals surface area contributed by atoms with Crippen molar-refractivity contribution in [1.29, 1.82) is 0 Å². The van der Waals surface area contributed by atoms with Crippen LogP contribution in [-0.2, 0) is 5.41 Å². The van der Waals surface area contributed by atoms with Crippen molar-refractivity contribution in [3.63, 3.8) is 0 Å². The summed E-state index contributed by atoms with van der Waals surface area (Å²) < 4.78 is 5.91. The van der Waals surface area contributed by atoms with Crippen molar-refractivity contribution >= 4 is 11.6 Å². The zero-order valence-corrected chi connectivity index (χ0v) is 10.6. The zero-order valence-electron chi connectivity index (χ0n) is 9.83. The van der Waals surface area contributed by atoms with Crippen molar-refractivity contribution in [2.24, 2.45) is 0 Å². The van der Waals surface area contributed by atoms with E-state index >= 15 is 0 Å². The molecule has 86 valence electrons. The Balaban J connectivity index is 2.26. The molecule has 1 aliphatic rings. The third kappa shape index (κ3) is 1.54. The molecule has 0 aromatic heterocycles. The molecule has 1 aliphatic heterocycles. The molecular formula is C15H13ClO. The first-order valence-electron chi connectivity index (χ1n) is 5.66. The van der Waals surface area contributed by atoms with Crippen molar-refractivity contribution in [2.75, 3.05) is 0 Å². The average molecular weight is 245 g/mol. The van der Waals surface area contributed by atoms with Crippen molar-refractivity contribution in [3.8, 4) is 11.5 Å². The number of benzene rings is 2. The van der Waals surface area contributed by atoms with Crippen LogP contribution in [0.1, 0.15) is 25.0 Å². The Hall–Kier alpha value is -1.47. The highest BCUT2D eigenvalue weighted by Gasteiger charge is 2.33. The molecule has 0 amide bonds. The molecule has 0 N–H and O–H groups in total. The number of rotatable bonds is 0. The van der Waals surface area contributed by atoms with E-state index in [-0.39, 0.29) is 5.41 Å². The minimum absolute atomic E-state index is 0.0469. The number of ether oxygens (including phenoxy) is 1. The lowest BCUT2D eigenvalue weighted by Gasteiger charge is -2.34. The number of hydrogen-bond acceptors (Lipinski definition) is 1. The van der Waals surface area contributed by atoms with Gasteiger partial charge in [0.15, 0.2) is 0 Å². The quantitative estimate of drug-likeness (QED) is 0.649. The molecule has 1 heterocycles. The van der Waals surface area contributed by atoms with Gasteiger partial charge in [-0.25, -0.2) is 0 Å². The summed E-state index contributed by atoms with van der Waals surface area (Å²) in [6.07, 6.45) is 0. The average Bonchev–Trinajstić information content (AvgIpc) is 2.28. The van der Waals surface area contributed by atoms with Gasteiger partial charge in [0.25, 0.3) is 0 Å². The van der Waals surface area contributed by atoms with Crippen LogP contribution in [0, 0.1) is 0 Å². The first-order valence-corrected chi connectivity index (χ1v) is 6.04. The molecule has 0 bridgehead atoms. The number of halogens is 1. The Morgan fingerprint density at radius 3 is 2.47 bits per heavy atom. The highest BCUT2D eigenvalue weighted by Crippen LogP contribution is 2.48. The van der Waals surface area contributed by atoms with E-state index in [0.29, 0.717) is 5.02 Å². The van der Waals surface area contributed by atoms with E-state index in [9.17, 15) is 0 Å². The van der Waals surface area contributed by atoms with Gasteiger partial charge in [0.2, 0.25) is 0 Å². The molecule has 2 aromatic rings. The third-order valence-corrected chi connectivity index (χ3v) is 3.63. The molecule has 0 spiro atoms. The number of hydrogen-bond donors (Lipinski definition) is 0. The molecule has 3 rings (SSSR count). The second-order valence-electron chi connectivity index (χ2n) is 4.86. The Bertz CT molecular complexity index is 587. The highest BCUT2D eigenvalue weighted by atomic mass is 35.5. The molecule has 17 heavy (non-hydrogen) atoms. The molecule has 0 saturated carbocycles. The van der Waals surface area contributed by atoms with Gasteiger partial charge in [-0.2, -0.15) is 0 Å². The Morgan fingerprint density at radius 2 is 1.65 bits per heavy atom. The summed E-state index contributed by atoms with van der Waals surface area (Å²) in [6, 6.07) is 14.0. The molecule has 0 saturated heterocycles. The van der Waals surface area contributed by atoms with Gasteiger partial charge in [0, 0.05) is 21.6 Å². The van der Waals surface area contributed by atoms with Crippen LogP contribution >= 0.6 is 11.6 Å². The summed E-state index contributed by atoms with van der Waals surface area (Å²) in [7, 11) is 0. The Kier molecular flexibility index (Phi) is 2.20. The predicted octanol–water partition coefficient (Wildman–Crippen LogP) is 4.77. The molecule has 2 heteroatoms. The van der Waals surface area contributed by atoms with Crippen molar-refractivity contribution in [3.05, 3.63) is 58.6 Å².